The van der Waals surface area contributed by atoms with Gasteiger partial charge in [0.25, 0.3) is 0 Å². The highest BCUT2D eigenvalue weighted by atomic mass is 32.1. The quantitative estimate of drug-likeness (QED) is 0.755. The number of rotatable bonds is 5. The molecule has 1 aromatic heterocycles. The van der Waals surface area contributed by atoms with Gasteiger partial charge in [-0.05, 0) is 87.9 Å². The van der Waals surface area contributed by atoms with Crippen molar-refractivity contribution in [3.63, 3.8) is 0 Å². The van der Waals surface area contributed by atoms with E-state index in [1.54, 1.807) is 4.90 Å². The Morgan fingerprint density at radius 3 is 2.39 bits per heavy atom. The zero-order valence-electron chi connectivity index (χ0n) is 18.4. The molecular formula is C23H33N5O2S. The van der Waals surface area contributed by atoms with Crippen LogP contribution in [0.2, 0.25) is 0 Å². The average molecular weight is 444 g/mol. The van der Waals surface area contributed by atoms with Gasteiger partial charge in [-0.15, -0.1) is 10.2 Å². The van der Waals surface area contributed by atoms with E-state index in [1.807, 2.05) is 0 Å². The van der Waals surface area contributed by atoms with Crippen LogP contribution in [0.1, 0.15) is 71.1 Å². The summed E-state index contributed by atoms with van der Waals surface area (Å²) in [7, 11) is 0. The number of carbonyl (C=O) groups is 2. The lowest BCUT2D eigenvalue weighted by molar-refractivity contribution is -0.127. The number of aromatic nitrogens is 2. The van der Waals surface area contributed by atoms with Gasteiger partial charge in [0.2, 0.25) is 22.1 Å². The van der Waals surface area contributed by atoms with Crippen LogP contribution in [-0.2, 0) is 9.59 Å². The van der Waals surface area contributed by atoms with Crippen LogP contribution in [-0.4, -0.2) is 47.2 Å². The van der Waals surface area contributed by atoms with Crippen molar-refractivity contribution in [3.05, 3.63) is 0 Å². The summed E-state index contributed by atoms with van der Waals surface area (Å²) in [5.74, 6) is 2.95. The summed E-state index contributed by atoms with van der Waals surface area (Å²) in [6, 6.07) is 0.0643. The monoisotopic (exact) mass is 443 g/mol. The summed E-state index contributed by atoms with van der Waals surface area (Å²) in [5.41, 5.74) is 0.319. The second-order valence-corrected chi connectivity index (χ2v) is 11.8. The van der Waals surface area contributed by atoms with Crippen LogP contribution in [0.5, 0.6) is 0 Å². The van der Waals surface area contributed by atoms with Gasteiger partial charge in [0.05, 0.1) is 0 Å². The summed E-state index contributed by atoms with van der Waals surface area (Å²) in [4.78, 5) is 29.3. The van der Waals surface area contributed by atoms with E-state index in [0.717, 1.165) is 55.2 Å². The highest BCUT2D eigenvalue weighted by molar-refractivity contribution is 7.19. The van der Waals surface area contributed by atoms with Gasteiger partial charge in [0, 0.05) is 25.6 Å². The molecule has 31 heavy (non-hydrogen) atoms. The standard InChI is InChI=1S/C23H33N5O2S/c1-14(23-11-15-8-16(12-23)10-17(9-15)13-23)24-20(30)18-4-2-6-27(18)21-25-26-22(31-21)28-7-3-5-19(28)29/h14-18H,2-13H2,1H3,(H,24,30)/t14-,15?,16?,17?,18+,23?/m0/s1. The predicted octanol–water partition coefficient (Wildman–Crippen LogP) is 3.35. The minimum Gasteiger partial charge on any atom is -0.351 e. The minimum absolute atomic E-state index is 0.128. The molecular weight excluding hydrogens is 410 g/mol. The first-order chi connectivity index (χ1) is 15.0. The van der Waals surface area contributed by atoms with Gasteiger partial charge in [0.15, 0.2) is 0 Å². The molecule has 8 heteroatoms. The maximum Gasteiger partial charge on any atom is 0.243 e. The van der Waals surface area contributed by atoms with Crippen molar-refractivity contribution in [2.75, 3.05) is 22.9 Å². The van der Waals surface area contributed by atoms with Crippen molar-refractivity contribution < 1.29 is 9.59 Å². The lowest BCUT2D eigenvalue weighted by atomic mass is 9.48. The average Bonchev–Trinajstić information content (AvgIpc) is 3.46. The van der Waals surface area contributed by atoms with Crippen LogP contribution < -0.4 is 15.1 Å². The first-order valence-corrected chi connectivity index (χ1v) is 13.0. The van der Waals surface area contributed by atoms with Crippen LogP contribution in [0, 0.1) is 23.2 Å². The van der Waals surface area contributed by atoms with Crippen LogP contribution in [0.4, 0.5) is 10.3 Å². The molecule has 3 heterocycles. The van der Waals surface area contributed by atoms with E-state index in [4.69, 9.17) is 0 Å². The fourth-order valence-corrected chi connectivity index (χ4v) is 8.69. The van der Waals surface area contributed by atoms with Crippen molar-refractivity contribution in [1.29, 1.82) is 0 Å². The van der Waals surface area contributed by atoms with Crippen LogP contribution >= 0.6 is 11.3 Å². The van der Waals surface area contributed by atoms with Gasteiger partial charge in [0.1, 0.15) is 6.04 Å². The zero-order chi connectivity index (χ0) is 21.2. The molecule has 7 rings (SSSR count). The van der Waals surface area contributed by atoms with Crippen LogP contribution in [0.15, 0.2) is 0 Å². The first kappa shape index (κ1) is 19.9. The molecule has 4 saturated carbocycles. The Labute approximate surface area is 188 Å². The number of hydrogen-bond donors (Lipinski definition) is 1. The van der Waals surface area contributed by atoms with Crippen molar-refractivity contribution in [2.24, 2.45) is 23.2 Å². The van der Waals surface area contributed by atoms with Crippen LogP contribution in [0.3, 0.4) is 0 Å². The molecule has 1 aromatic rings. The number of amides is 2. The van der Waals surface area contributed by atoms with E-state index in [-0.39, 0.29) is 23.9 Å². The normalized spacial score (nSPS) is 37.6. The van der Waals surface area contributed by atoms with E-state index >= 15 is 0 Å². The molecule has 0 spiro atoms. The fraction of sp³-hybridized carbons (Fsp3) is 0.826. The molecule has 6 aliphatic rings. The fourth-order valence-electron chi connectivity index (χ4n) is 7.72. The van der Waals surface area contributed by atoms with E-state index < -0.39 is 0 Å². The third-order valence-electron chi connectivity index (χ3n) is 8.87. The molecule has 168 valence electrons. The summed E-state index contributed by atoms with van der Waals surface area (Å²) >= 11 is 1.45. The van der Waals surface area contributed by atoms with E-state index in [0.29, 0.717) is 17.0 Å². The lowest BCUT2D eigenvalue weighted by Crippen LogP contribution is -2.57. The molecule has 4 bridgehead atoms. The zero-order valence-corrected chi connectivity index (χ0v) is 19.2. The third kappa shape index (κ3) is 3.36. The SMILES string of the molecule is C[C@H](NC(=O)[C@H]1CCCN1c1nnc(N2CCCC2=O)s1)C12CC3CC(CC(C3)C1)C2. The van der Waals surface area contributed by atoms with Crippen molar-refractivity contribution in [2.45, 2.75) is 83.2 Å². The number of carbonyl (C=O) groups excluding carboxylic acids is 2. The van der Waals surface area contributed by atoms with Gasteiger partial charge in [-0.1, -0.05) is 11.3 Å². The smallest absolute Gasteiger partial charge is 0.243 e. The summed E-state index contributed by atoms with van der Waals surface area (Å²) in [5, 5.41) is 13.5. The number of nitrogens with one attached hydrogen (secondary N) is 1. The molecule has 1 N–H and O–H groups in total. The summed E-state index contributed by atoms with van der Waals surface area (Å²) in [6.07, 6.45) is 11.5. The highest BCUT2D eigenvalue weighted by Gasteiger charge is 2.53. The van der Waals surface area contributed by atoms with E-state index in [2.05, 4.69) is 27.3 Å². The molecule has 0 aromatic carbocycles. The van der Waals surface area contributed by atoms with Gasteiger partial charge in [-0.2, -0.15) is 0 Å². The molecule has 2 saturated heterocycles. The van der Waals surface area contributed by atoms with E-state index in [1.165, 1.54) is 49.9 Å². The summed E-state index contributed by atoms with van der Waals surface area (Å²) in [6.45, 7) is 3.80. The second-order valence-electron chi connectivity index (χ2n) is 10.9. The minimum atomic E-state index is -0.175. The molecule has 0 radical (unpaired) electrons. The van der Waals surface area contributed by atoms with Crippen molar-refractivity contribution in [3.8, 4) is 0 Å². The van der Waals surface area contributed by atoms with Crippen LogP contribution in [0.25, 0.3) is 0 Å². The van der Waals surface area contributed by atoms with Gasteiger partial charge in [-0.3, -0.25) is 14.5 Å². The number of nitrogens with zero attached hydrogens (tertiary/aromatic N) is 4. The Morgan fingerprint density at radius 2 is 1.74 bits per heavy atom. The van der Waals surface area contributed by atoms with Crippen molar-refractivity contribution in [1.82, 2.24) is 15.5 Å². The van der Waals surface area contributed by atoms with Gasteiger partial charge >= 0.3 is 0 Å². The summed E-state index contributed by atoms with van der Waals surface area (Å²) < 4.78 is 0. The molecule has 2 amide bonds. The van der Waals surface area contributed by atoms with Gasteiger partial charge < -0.3 is 10.2 Å². The Bertz CT molecular complexity index is 850. The molecule has 0 unspecified atom stereocenters. The molecule has 7 nitrogen and oxygen atoms in total. The third-order valence-corrected chi connectivity index (χ3v) is 9.86. The predicted molar refractivity (Wildman–Crippen MR) is 120 cm³/mol. The maximum atomic E-state index is 13.4. The number of anilines is 2. The van der Waals surface area contributed by atoms with Gasteiger partial charge in [-0.25, -0.2) is 0 Å². The highest BCUT2D eigenvalue weighted by Crippen LogP contribution is 2.61. The Morgan fingerprint density at radius 1 is 1.06 bits per heavy atom. The maximum absolute atomic E-state index is 13.4. The second kappa shape index (κ2) is 7.42. The Balaban J connectivity index is 1.15. The topological polar surface area (TPSA) is 78.4 Å². The molecule has 2 atom stereocenters. The Kier molecular flexibility index (Phi) is 4.78. The van der Waals surface area contributed by atoms with E-state index in [9.17, 15) is 9.59 Å². The lowest BCUT2D eigenvalue weighted by Gasteiger charge is -2.59. The molecule has 2 aliphatic heterocycles. The molecule has 4 aliphatic carbocycles. The Hall–Kier alpha value is -1.70. The largest absolute Gasteiger partial charge is 0.351 e. The molecule has 6 fully saturated rings. The van der Waals surface area contributed by atoms with Crippen molar-refractivity contribution >= 4 is 33.4 Å². The first-order valence-electron chi connectivity index (χ1n) is 12.2. The number of hydrogen-bond acceptors (Lipinski definition) is 6.